The van der Waals surface area contributed by atoms with E-state index in [4.69, 9.17) is 27.3 Å². The standard InChI is InChI=1S/C25H34N2O4/c1-19-7-6-8-20(2)23(19)15-21(28)16-26-11-13-27(14-12-26)17-22(29)18-31-25-10-5-4-9-24(25)30-3/h4-10,22,29H,11-18H2,1-3H3/i1D3,2D3,6D,7D,8D,16D2,17D2. The Hall–Kier alpha value is -2.41. The number of hydrogen-bond acceptors (Lipinski definition) is 6. The highest BCUT2D eigenvalue weighted by Crippen LogP contribution is 2.25. The van der Waals surface area contributed by atoms with E-state index in [-0.39, 0.29) is 26.2 Å². The van der Waals surface area contributed by atoms with E-state index in [1.165, 1.54) is 12.0 Å². The SMILES string of the molecule is [2H]c1c([2H])c(C([2H])([2H])[2H])c(CC(=O)C([2H])([2H])N2CCN(C([2H])([2H])C(O)COc3ccccc3OC)CC2)c(C([2H])([2H])[2H])c1[2H]. The molecular formula is C25H34N2O4. The zero-order valence-corrected chi connectivity index (χ0v) is 17.2. The minimum atomic E-state index is -3.13. The summed E-state index contributed by atoms with van der Waals surface area (Å²) in [6, 6.07) is 3.84. The van der Waals surface area contributed by atoms with E-state index in [2.05, 4.69) is 0 Å². The van der Waals surface area contributed by atoms with Crippen molar-refractivity contribution >= 4 is 5.78 Å². The van der Waals surface area contributed by atoms with Gasteiger partial charge in [0.05, 0.1) is 20.5 Å². The number of rotatable bonds is 10. The van der Waals surface area contributed by atoms with Gasteiger partial charge in [0, 0.05) is 50.1 Å². The number of ketones is 1. The third-order valence-electron chi connectivity index (χ3n) is 4.68. The zero-order chi connectivity index (χ0) is 33.4. The fourth-order valence-corrected chi connectivity index (χ4v) is 3.09. The molecule has 1 fully saturated rings. The molecule has 1 atom stereocenters. The minimum absolute atomic E-state index is 0.117. The maximum Gasteiger partial charge on any atom is 0.161 e. The first-order valence-corrected chi connectivity index (χ1v) is 9.76. The summed E-state index contributed by atoms with van der Waals surface area (Å²) in [5, 5.41) is 10.6. The number of ether oxygens (including phenoxy) is 2. The van der Waals surface area contributed by atoms with Crippen molar-refractivity contribution in [3.63, 3.8) is 0 Å². The second-order valence-corrected chi connectivity index (χ2v) is 6.90. The number of β-amino-alcohol motifs (C(OH)–C–C–N with tert-alkyl or cyclic N) is 1. The highest BCUT2D eigenvalue weighted by atomic mass is 16.5. The molecule has 1 saturated heterocycles. The molecular weight excluding hydrogens is 392 g/mol. The number of aliphatic hydroxyl groups excluding tert-OH is 1. The molecule has 3 rings (SSSR count). The van der Waals surface area contributed by atoms with Gasteiger partial charge in [0.2, 0.25) is 0 Å². The largest absolute Gasteiger partial charge is 0.493 e. The van der Waals surface area contributed by atoms with Crippen LogP contribution >= 0.6 is 0 Å². The number of benzene rings is 2. The van der Waals surface area contributed by atoms with Gasteiger partial charge < -0.3 is 14.6 Å². The number of Topliss-reactive ketones (excluding diaryl/α,β-unsaturated/α-hetero) is 1. The molecule has 0 saturated carbocycles. The topological polar surface area (TPSA) is 62.2 Å². The van der Waals surface area contributed by atoms with E-state index in [1.54, 1.807) is 24.3 Å². The fraction of sp³-hybridized carbons (Fsp3) is 0.480. The molecule has 1 unspecified atom stereocenters. The van der Waals surface area contributed by atoms with Gasteiger partial charge in [0.1, 0.15) is 12.7 Å². The van der Waals surface area contributed by atoms with Crippen LogP contribution in [0.25, 0.3) is 0 Å². The maximum atomic E-state index is 13.4. The predicted octanol–water partition coefficient (Wildman–Crippen LogP) is 2.48. The van der Waals surface area contributed by atoms with Crippen molar-refractivity contribution < 1.29 is 37.2 Å². The predicted molar refractivity (Wildman–Crippen MR) is 122 cm³/mol. The van der Waals surface area contributed by atoms with Crippen LogP contribution in [0.1, 0.15) is 34.5 Å². The monoisotopic (exact) mass is 439 g/mol. The normalized spacial score (nSPS) is 24.0. The van der Waals surface area contributed by atoms with Crippen molar-refractivity contribution in [1.29, 1.82) is 0 Å². The quantitative estimate of drug-likeness (QED) is 0.614. The first-order chi connectivity index (χ1) is 20.1. The van der Waals surface area contributed by atoms with Gasteiger partial charge in [-0.3, -0.25) is 14.6 Å². The molecule has 1 aliphatic heterocycles. The van der Waals surface area contributed by atoms with Gasteiger partial charge in [-0.2, -0.15) is 0 Å². The minimum Gasteiger partial charge on any atom is -0.493 e. The molecule has 2 aromatic rings. The molecule has 1 heterocycles. The number of carbonyl (C=O) groups is 1. The van der Waals surface area contributed by atoms with E-state index >= 15 is 0 Å². The molecule has 0 bridgehead atoms. The summed E-state index contributed by atoms with van der Waals surface area (Å²) in [5.41, 5.74) is -2.48. The Balaban J connectivity index is 1.78. The van der Waals surface area contributed by atoms with Gasteiger partial charge in [0.25, 0.3) is 0 Å². The van der Waals surface area contributed by atoms with Crippen LogP contribution in [0, 0.1) is 13.7 Å². The van der Waals surface area contributed by atoms with Crippen LogP contribution in [-0.4, -0.2) is 79.7 Å². The van der Waals surface area contributed by atoms with Crippen molar-refractivity contribution in [3.8, 4) is 11.5 Å². The summed E-state index contributed by atoms with van der Waals surface area (Å²) in [6.45, 7) is -12.4. The number of methoxy groups -OCH3 is 1. The molecule has 6 nitrogen and oxygen atoms in total. The van der Waals surface area contributed by atoms with Gasteiger partial charge in [-0.1, -0.05) is 30.3 Å². The number of hydrogen-bond donors (Lipinski definition) is 1. The molecule has 1 N–H and O–H groups in total. The molecule has 0 amide bonds. The van der Waals surface area contributed by atoms with Crippen LogP contribution in [0.5, 0.6) is 11.5 Å². The molecule has 2 aromatic carbocycles. The van der Waals surface area contributed by atoms with Crippen LogP contribution in [0.3, 0.4) is 0 Å². The lowest BCUT2D eigenvalue weighted by atomic mass is 9.98. The lowest BCUT2D eigenvalue weighted by Crippen LogP contribution is -2.50. The van der Waals surface area contributed by atoms with E-state index < -0.39 is 86.4 Å². The first kappa shape index (κ1) is 11.5. The van der Waals surface area contributed by atoms with Crippen molar-refractivity contribution in [2.75, 3.05) is 52.9 Å². The van der Waals surface area contributed by atoms with Gasteiger partial charge >= 0.3 is 0 Å². The molecule has 6 heteroatoms. The molecule has 0 spiro atoms. The summed E-state index contributed by atoms with van der Waals surface area (Å²) in [6.07, 6.45) is -2.68. The first-order valence-electron chi connectivity index (χ1n) is 16.3. The number of nitrogens with zero attached hydrogens (tertiary/aromatic N) is 2. The Morgan fingerprint density at radius 3 is 2.45 bits per heavy atom. The van der Waals surface area contributed by atoms with Gasteiger partial charge in [-0.05, 0) is 42.5 Å². The van der Waals surface area contributed by atoms with E-state index in [0.29, 0.717) is 11.5 Å². The zero-order valence-electron chi connectivity index (χ0n) is 30.2. The van der Waals surface area contributed by atoms with E-state index in [1.807, 2.05) is 0 Å². The second kappa shape index (κ2) is 11.3. The van der Waals surface area contributed by atoms with E-state index in [0.717, 1.165) is 4.90 Å². The second-order valence-electron chi connectivity index (χ2n) is 6.90. The molecule has 1 aliphatic rings. The third-order valence-corrected chi connectivity index (χ3v) is 4.68. The summed E-state index contributed by atoms with van der Waals surface area (Å²) < 4.78 is 116. The molecule has 168 valence electrons. The lowest BCUT2D eigenvalue weighted by molar-refractivity contribution is -0.120. The third kappa shape index (κ3) is 6.79. The average Bonchev–Trinajstić information content (AvgIpc) is 2.93. The number of piperazine rings is 1. The van der Waals surface area contributed by atoms with Crippen LogP contribution in [0.2, 0.25) is 0 Å². The highest BCUT2D eigenvalue weighted by Gasteiger charge is 2.21. The number of para-hydroxylation sites is 2. The van der Waals surface area contributed by atoms with Gasteiger partial charge in [0.15, 0.2) is 17.3 Å². The Morgan fingerprint density at radius 1 is 1.16 bits per heavy atom. The molecule has 31 heavy (non-hydrogen) atoms. The Kier molecular flexibility index (Phi) is 4.17. The van der Waals surface area contributed by atoms with Crippen molar-refractivity contribution in [2.45, 2.75) is 26.2 Å². The molecule has 0 aromatic heterocycles. The maximum absolute atomic E-state index is 13.4. The van der Waals surface area contributed by atoms with Crippen molar-refractivity contribution in [3.05, 3.63) is 59.1 Å². The van der Waals surface area contributed by atoms with Gasteiger partial charge in [-0.15, -0.1) is 0 Å². The van der Waals surface area contributed by atoms with Gasteiger partial charge in [-0.25, -0.2) is 0 Å². The van der Waals surface area contributed by atoms with Crippen molar-refractivity contribution in [2.24, 2.45) is 0 Å². The fourth-order valence-electron chi connectivity index (χ4n) is 3.09. The highest BCUT2D eigenvalue weighted by molar-refractivity contribution is 5.83. The van der Waals surface area contributed by atoms with Crippen LogP contribution in [0.4, 0.5) is 0 Å². The van der Waals surface area contributed by atoms with Crippen LogP contribution in [0.15, 0.2) is 42.4 Å². The average molecular weight is 440 g/mol. The van der Waals surface area contributed by atoms with Crippen molar-refractivity contribution in [1.82, 2.24) is 9.80 Å². The summed E-state index contributed by atoms with van der Waals surface area (Å²) in [5.74, 6) is -0.532. The Morgan fingerprint density at radius 2 is 1.81 bits per heavy atom. The van der Waals surface area contributed by atoms with E-state index in [9.17, 15) is 9.90 Å². The Labute approximate surface area is 203 Å². The molecule has 0 aliphatic carbocycles. The number of carbonyl (C=O) groups excluding carboxylic acids is 1. The number of aliphatic hydroxyl groups is 1. The molecule has 0 radical (unpaired) electrons. The van der Waals surface area contributed by atoms with Crippen LogP contribution in [-0.2, 0) is 11.2 Å². The lowest BCUT2D eigenvalue weighted by Gasteiger charge is -2.35. The van der Waals surface area contributed by atoms with Crippen LogP contribution < -0.4 is 9.47 Å². The summed E-state index contributed by atoms with van der Waals surface area (Å²) in [4.78, 5) is 15.7. The summed E-state index contributed by atoms with van der Waals surface area (Å²) in [7, 11) is 1.44. The summed E-state index contributed by atoms with van der Waals surface area (Å²) >= 11 is 0. The Bertz CT molecular complexity index is 1320. The smallest absolute Gasteiger partial charge is 0.161 e.